The van der Waals surface area contributed by atoms with Crippen LogP contribution in [-0.4, -0.2) is 51.6 Å². The molecule has 1 rings (SSSR count). The van der Waals surface area contributed by atoms with Crippen LogP contribution in [-0.2, 0) is 16.1 Å². The molecule has 0 radical (unpaired) electrons. The topological polar surface area (TPSA) is 81.9 Å². The summed E-state index contributed by atoms with van der Waals surface area (Å²) in [4.78, 5) is 11.0. The van der Waals surface area contributed by atoms with Gasteiger partial charge >= 0.3 is 5.97 Å². The average molecular weight is 273 g/mol. The standard InChI is InChI=1S/C10H19N5O2S/c1-8(2)11-5-6-15-10(12-13-14-15)18-7-4-9(16)17-3/h8,11H,4-7H2,1-3H3. The number of carbonyl (C=O) groups is 1. The van der Waals surface area contributed by atoms with Gasteiger partial charge < -0.3 is 10.1 Å². The van der Waals surface area contributed by atoms with Crippen molar-refractivity contribution in [2.24, 2.45) is 0 Å². The summed E-state index contributed by atoms with van der Waals surface area (Å²) < 4.78 is 6.30. The second kappa shape index (κ2) is 8.04. The maximum Gasteiger partial charge on any atom is 0.306 e. The number of nitrogens with zero attached hydrogens (tertiary/aromatic N) is 4. The van der Waals surface area contributed by atoms with Crippen LogP contribution in [0.25, 0.3) is 0 Å². The second-order valence-electron chi connectivity index (χ2n) is 3.97. The number of methoxy groups -OCH3 is 1. The molecule has 1 heterocycles. The summed E-state index contributed by atoms with van der Waals surface area (Å²) in [5.74, 6) is 0.396. The minimum Gasteiger partial charge on any atom is -0.469 e. The van der Waals surface area contributed by atoms with Crippen molar-refractivity contribution in [2.75, 3.05) is 19.4 Å². The number of carbonyl (C=O) groups excluding carboxylic acids is 1. The summed E-state index contributed by atoms with van der Waals surface area (Å²) in [7, 11) is 1.38. The van der Waals surface area contributed by atoms with Crippen molar-refractivity contribution >= 4 is 17.7 Å². The van der Waals surface area contributed by atoms with Gasteiger partial charge in [0.25, 0.3) is 0 Å². The van der Waals surface area contributed by atoms with Crippen LogP contribution in [0.2, 0.25) is 0 Å². The fraction of sp³-hybridized carbons (Fsp3) is 0.800. The van der Waals surface area contributed by atoms with Crippen molar-refractivity contribution in [2.45, 2.75) is 38.0 Å². The molecular weight excluding hydrogens is 254 g/mol. The van der Waals surface area contributed by atoms with E-state index in [1.165, 1.54) is 18.9 Å². The van der Waals surface area contributed by atoms with Crippen LogP contribution in [0.3, 0.4) is 0 Å². The van der Waals surface area contributed by atoms with E-state index in [0.29, 0.717) is 24.8 Å². The maximum atomic E-state index is 11.0. The third-order valence-corrected chi connectivity index (χ3v) is 3.10. The van der Waals surface area contributed by atoms with Crippen molar-refractivity contribution in [1.82, 2.24) is 25.5 Å². The van der Waals surface area contributed by atoms with Crippen molar-refractivity contribution < 1.29 is 9.53 Å². The molecule has 0 bridgehead atoms. The first kappa shape index (κ1) is 14.9. The number of ether oxygens (including phenoxy) is 1. The molecule has 8 heteroatoms. The summed E-state index contributed by atoms with van der Waals surface area (Å²) in [5.41, 5.74) is 0. The lowest BCUT2D eigenvalue weighted by Crippen LogP contribution is -2.27. The quantitative estimate of drug-likeness (QED) is 0.539. The van der Waals surface area contributed by atoms with E-state index in [0.717, 1.165) is 11.7 Å². The van der Waals surface area contributed by atoms with Gasteiger partial charge in [0.05, 0.1) is 20.1 Å². The smallest absolute Gasteiger partial charge is 0.306 e. The Morgan fingerprint density at radius 3 is 3.00 bits per heavy atom. The van der Waals surface area contributed by atoms with Gasteiger partial charge in [-0.1, -0.05) is 25.6 Å². The number of hydrogen-bond donors (Lipinski definition) is 1. The lowest BCUT2D eigenvalue weighted by molar-refractivity contribution is -0.140. The van der Waals surface area contributed by atoms with Crippen molar-refractivity contribution in [1.29, 1.82) is 0 Å². The first-order valence-corrected chi connectivity index (χ1v) is 6.81. The van der Waals surface area contributed by atoms with Gasteiger partial charge in [0.15, 0.2) is 0 Å². The largest absolute Gasteiger partial charge is 0.469 e. The zero-order valence-corrected chi connectivity index (χ0v) is 11.7. The Labute approximate surface area is 111 Å². The Balaban J connectivity index is 2.33. The zero-order chi connectivity index (χ0) is 13.4. The highest BCUT2D eigenvalue weighted by molar-refractivity contribution is 7.99. The molecule has 0 amide bonds. The highest BCUT2D eigenvalue weighted by atomic mass is 32.2. The number of esters is 1. The predicted molar refractivity (Wildman–Crippen MR) is 68.3 cm³/mol. The molecule has 1 N–H and O–H groups in total. The minimum absolute atomic E-state index is 0.219. The van der Waals surface area contributed by atoms with Gasteiger partial charge in [0.2, 0.25) is 5.16 Å². The number of thioether (sulfide) groups is 1. The van der Waals surface area contributed by atoms with Crippen LogP contribution >= 0.6 is 11.8 Å². The molecule has 18 heavy (non-hydrogen) atoms. The Morgan fingerprint density at radius 1 is 1.56 bits per heavy atom. The van der Waals surface area contributed by atoms with Crippen LogP contribution < -0.4 is 5.32 Å². The van der Waals surface area contributed by atoms with E-state index < -0.39 is 0 Å². The third kappa shape index (κ3) is 5.46. The highest BCUT2D eigenvalue weighted by Gasteiger charge is 2.08. The first-order valence-electron chi connectivity index (χ1n) is 5.82. The van der Waals surface area contributed by atoms with Crippen LogP contribution in [0.1, 0.15) is 20.3 Å². The van der Waals surface area contributed by atoms with Gasteiger partial charge in [-0.25, -0.2) is 4.68 Å². The number of nitrogens with one attached hydrogen (secondary N) is 1. The van der Waals surface area contributed by atoms with Gasteiger partial charge in [-0.2, -0.15) is 0 Å². The lowest BCUT2D eigenvalue weighted by atomic mass is 10.4. The lowest BCUT2D eigenvalue weighted by Gasteiger charge is -2.08. The van der Waals surface area contributed by atoms with Gasteiger partial charge in [0.1, 0.15) is 0 Å². The SMILES string of the molecule is COC(=O)CCSc1nnnn1CCNC(C)C. The molecule has 0 aliphatic carbocycles. The van der Waals surface area contributed by atoms with E-state index in [1.54, 1.807) is 4.68 Å². The van der Waals surface area contributed by atoms with Crippen molar-refractivity contribution in [3.8, 4) is 0 Å². The number of aromatic nitrogens is 4. The second-order valence-corrected chi connectivity index (χ2v) is 5.03. The summed E-state index contributed by atoms with van der Waals surface area (Å²) in [6, 6.07) is 0.442. The molecular formula is C10H19N5O2S. The molecule has 0 aliphatic rings. The third-order valence-electron chi connectivity index (χ3n) is 2.14. The van der Waals surface area contributed by atoms with E-state index in [4.69, 9.17) is 0 Å². The van der Waals surface area contributed by atoms with Gasteiger partial charge in [0, 0.05) is 18.3 Å². The molecule has 102 valence electrons. The normalized spacial score (nSPS) is 10.9. The van der Waals surface area contributed by atoms with Crippen molar-refractivity contribution in [3.63, 3.8) is 0 Å². The predicted octanol–water partition coefficient (Wildman–Crippen LogP) is 0.326. The molecule has 0 unspecified atom stereocenters. The fourth-order valence-corrected chi connectivity index (χ4v) is 2.05. The van der Waals surface area contributed by atoms with Crippen LogP contribution in [0.4, 0.5) is 0 Å². The zero-order valence-electron chi connectivity index (χ0n) is 10.9. The Kier molecular flexibility index (Phi) is 6.66. The molecule has 0 saturated heterocycles. The summed E-state index contributed by atoms with van der Waals surface area (Å²) in [6.45, 7) is 5.70. The van der Waals surface area contributed by atoms with E-state index in [9.17, 15) is 4.79 Å². The molecule has 0 aliphatic heterocycles. The molecule has 0 saturated carbocycles. The van der Waals surface area contributed by atoms with Crippen molar-refractivity contribution in [3.05, 3.63) is 0 Å². The highest BCUT2D eigenvalue weighted by Crippen LogP contribution is 2.14. The first-order chi connectivity index (χ1) is 8.63. The Hall–Kier alpha value is -1.15. The summed E-state index contributed by atoms with van der Waals surface area (Å²) in [5, 5.41) is 15.5. The number of rotatable bonds is 8. The monoisotopic (exact) mass is 273 g/mol. The van der Waals surface area contributed by atoms with E-state index >= 15 is 0 Å². The molecule has 1 aromatic rings. The number of hydrogen-bond acceptors (Lipinski definition) is 7. The van der Waals surface area contributed by atoms with E-state index in [-0.39, 0.29) is 5.97 Å². The van der Waals surface area contributed by atoms with Crippen LogP contribution in [0.15, 0.2) is 5.16 Å². The number of tetrazole rings is 1. The van der Waals surface area contributed by atoms with Gasteiger partial charge in [-0.3, -0.25) is 4.79 Å². The summed E-state index contributed by atoms with van der Waals surface area (Å²) >= 11 is 1.45. The van der Waals surface area contributed by atoms with Gasteiger partial charge in [-0.15, -0.1) is 5.10 Å². The average Bonchev–Trinajstić information content (AvgIpc) is 2.76. The molecule has 0 atom stereocenters. The minimum atomic E-state index is -0.219. The molecule has 1 aromatic heterocycles. The van der Waals surface area contributed by atoms with E-state index in [2.05, 4.69) is 39.4 Å². The fourth-order valence-electron chi connectivity index (χ4n) is 1.23. The molecule has 0 spiro atoms. The summed E-state index contributed by atoms with van der Waals surface area (Å²) in [6.07, 6.45) is 0.359. The van der Waals surface area contributed by atoms with Crippen LogP contribution in [0.5, 0.6) is 0 Å². The van der Waals surface area contributed by atoms with Gasteiger partial charge in [-0.05, 0) is 10.4 Å². The molecule has 7 nitrogen and oxygen atoms in total. The Bertz CT molecular complexity index is 369. The van der Waals surface area contributed by atoms with Crippen LogP contribution in [0, 0.1) is 0 Å². The molecule has 0 aromatic carbocycles. The molecule has 0 fully saturated rings. The Morgan fingerprint density at radius 2 is 2.33 bits per heavy atom. The maximum absolute atomic E-state index is 11.0. The van der Waals surface area contributed by atoms with E-state index in [1.807, 2.05) is 0 Å².